The number of guanidine groups is 1. The lowest BCUT2D eigenvalue weighted by atomic mass is 10.1. The lowest BCUT2D eigenvalue weighted by Gasteiger charge is -2.35. The highest BCUT2D eigenvalue weighted by atomic mass is 127. The molecule has 3 rings (SSSR count). The van der Waals surface area contributed by atoms with Crippen molar-refractivity contribution in [2.24, 2.45) is 10.7 Å². The standard InChI is InChI=1S/C15H22N6OS.HI/c1-11-13(12(2)22-19-11)3-4-17-14(16)20-6-8-21(9-7-20)15-18-5-10-23-15;/h5,10H,3-4,6-9H2,1-2H3,(H2,16,17);1H. The van der Waals surface area contributed by atoms with E-state index in [0.717, 1.165) is 54.7 Å². The number of hydrogen-bond donors (Lipinski definition) is 1. The molecular formula is C15H23IN6OS. The molecule has 0 aromatic carbocycles. The molecule has 0 spiro atoms. The summed E-state index contributed by atoms with van der Waals surface area (Å²) >= 11 is 1.67. The Labute approximate surface area is 162 Å². The maximum Gasteiger partial charge on any atom is 0.191 e. The van der Waals surface area contributed by atoms with Crippen LogP contribution in [0.15, 0.2) is 21.1 Å². The number of nitrogens with zero attached hydrogens (tertiary/aromatic N) is 5. The zero-order valence-corrected chi connectivity index (χ0v) is 17.1. The summed E-state index contributed by atoms with van der Waals surface area (Å²) in [5.74, 6) is 1.49. The highest BCUT2D eigenvalue weighted by molar-refractivity contribution is 14.0. The number of halogens is 1. The molecule has 0 bridgehead atoms. The van der Waals surface area contributed by atoms with Crippen LogP contribution in [0, 0.1) is 13.8 Å². The van der Waals surface area contributed by atoms with Crippen LogP contribution in [0.4, 0.5) is 5.13 Å². The van der Waals surface area contributed by atoms with Gasteiger partial charge in [-0.3, -0.25) is 4.99 Å². The van der Waals surface area contributed by atoms with Gasteiger partial charge in [-0.15, -0.1) is 35.3 Å². The first-order valence-corrected chi connectivity index (χ1v) is 8.64. The fourth-order valence-electron chi connectivity index (χ4n) is 2.74. The van der Waals surface area contributed by atoms with Crippen molar-refractivity contribution in [2.45, 2.75) is 20.3 Å². The Morgan fingerprint density at radius 3 is 2.67 bits per heavy atom. The second-order valence-corrected chi connectivity index (χ2v) is 6.45. The summed E-state index contributed by atoms with van der Waals surface area (Å²) in [6, 6.07) is 0. The molecule has 3 heterocycles. The van der Waals surface area contributed by atoms with Crippen molar-refractivity contribution in [2.75, 3.05) is 37.6 Å². The van der Waals surface area contributed by atoms with Gasteiger partial charge in [0.2, 0.25) is 0 Å². The molecule has 2 aromatic heterocycles. The van der Waals surface area contributed by atoms with Crippen molar-refractivity contribution in [1.29, 1.82) is 0 Å². The Hall–Kier alpha value is -1.36. The van der Waals surface area contributed by atoms with E-state index in [1.807, 2.05) is 25.4 Å². The Balaban J connectivity index is 0.00000208. The quantitative estimate of drug-likeness (QED) is 0.426. The lowest BCUT2D eigenvalue weighted by Crippen LogP contribution is -2.51. The van der Waals surface area contributed by atoms with Gasteiger partial charge in [0, 0.05) is 49.9 Å². The van der Waals surface area contributed by atoms with Gasteiger partial charge in [0.05, 0.1) is 5.69 Å². The van der Waals surface area contributed by atoms with Crippen LogP contribution < -0.4 is 10.6 Å². The van der Waals surface area contributed by atoms with Crippen molar-refractivity contribution < 1.29 is 4.52 Å². The highest BCUT2D eigenvalue weighted by Gasteiger charge is 2.19. The summed E-state index contributed by atoms with van der Waals surface area (Å²) in [5, 5.41) is 7.05. The number of rotatable bonds is 4. The molecule has 1 saturated heterocycles. The normalized spacial score (nSPS) is 15.5. The van der Waals surface area contributed by atoms with Crippen LogP contribution >= 0.6 is 35.3 Å². The Morgan fingerprint density at radius 1 is 1.33 bits per heavy atom. The number of piperazine rings is 1. The predicted octanol–water partition coefficient (Wildman–Crippen LogP) is 2.05. The molecule has 0 amide bonds. The molecule has 7 nitrogen and oxygen atoms in total. The van der Waals surface area contributed by atoms with Crippen LogP contribution in [0.3, 0.4) is 0 Å². The molecule has 0 radical (unpaired) electrons. The van der Waals surface area contributed by atoms with Crippen molar-refractivity contribution in [3.63, 3.8) is 0 Å². The Bertz CT molecular complexity index is 644. The topological polar surface area (TPSA) is 83.8 Å². The van der Waals surface area contributed by atoms with E-state index in [0.29, 0.717) is 12.5 Å². The third kappa shape index (κ3) is 4.38. The minimum absolute atomic E-state index is 0. The zero-order valence-electron chi connectivity index (χ0n) is 13.9. The van der Waals surface area contributed by atoms with E-state index in [9.17, 15) is 0 Å². The lowest BCUT2D eigenvalue weighted by molar-refractivity contribution is 0.380. The summed E-state index contributed by atoms with van der Waals surface area (Å²) < 4.78 is 5.17. The molecule has 2 N–H and O–H groups in total. The van der Waals surface area contributed by atoms with Gasteiger partial charge in [0.15, 0.2) is 11.1 Å². The first-order valence-electron chi connectivity index (χ1n) is 7.76. The number of hydrogen-bond acceptors (Lipinski definition) is 6. The number of anilines is 1. The highest BCUT2D eigenvalue weighted by Crippen LogP contribution is 2.18. The van der Waals surface area contributed by atoms with E-state index < -0.39 is 0 Å². The molecule has 0 aliphatic carbocycles. The van der Waals surface area contributed by atoms with Crippen LogP contribution in [-0.4, -0.2) is 53.7 Å². The smallest absolute Gasteiger partial charge is 0.191 e. The van der Waals surface area contributed by atoms with Crippen LogP contribution in [0.5, 0.6) is 0 Å². The van der Waals surface area contributed by atoms with Gasteiger partial charge in [-0.2, -0.15) is 0 Å². The molecular weight excluding hydrogens is 439 g/mol. The van der Waals surface area contributed by atoms with Gasteiger partial charge in [-0.05, 0) is 20.3 Å². The summed E-state index contributed by atoms with van der Waals surface area (Å²) in [4.78, 5) is 13.3. The van der Waals surface area contributed by atoms with E-state index >= 15 is 0 Å². The molecule has 0 saturated carbocycles. The molecule has 1 aliphatic heterocycles. The summed E-state index contributed by atoms with van der Waals surface area (Å²) in [7, 11) is 0. The molecule has 1 aliphatic rings. The molecule has 2 aromatic rings. The van der Waals surface area contributed by atoms with Crippen molar-refractivity contribution in [1.82, 2.24) is 15.0 Å². The van der Waals surface area contributed by atoms with E-state index in [2.05, 4.69) is 24.9 Å². The van der Waals surface area contributed by atoms with Gasteiger partial charge < -0.3 is 20.1 Å². The molecule has 0 atom stereocenters. The van der Waals surface area contributed by atoms with Crippen LogP contribution in [-0.2, 0) is 6.42 Å². The molecule has 9 heteroatoms. The fourth-order valence-corrected chi connectivity index (χ4v) is 3.44. The third-order valence-corrected chi connectivity index (χ3v) is 4.94. The summed E-state index contributed by atoms with van der Waals surface area (Å²) in [6.45, 7) is 8.14. The minimum atomic E-state index is 0. The van der Waals surface area contributed by atoms with Crippen molar-refractivity contribution >= 4 is 46.4 Å². The number of aliphatic imine (C=N–C) groups is 1. The van der Waals surface area contributed by atoms with Crippen molar-refractivity contribution in [3.05, 3.63) is 28.6 Å². The summed E-state index contributed by atoms with van der Waals surface area (Å²) in [5.41, 5.74) is 8.21. The second-order valence-electron chi connectivity index (χ2n) is 5.58. The first kappa shape index (κ1) is 19.0. The van der Waals surface area contributed by atoms with Gasteiger partial charge in [-0.25, -0.2) is 4.98 Å². The van der Waals surface area contributed by atoms with E-state index in [1.165, 1.54) is 0 Å². The van der Waals surface area contributed by atoms with Crippen LogP contribution in [0.2, 0.25) is 0 Å². The van der Waals surface area contributed by atoms with Gasteiger partial charge in [-0.1, -0.05) is 5.16 Å². The predicted molar refractivity (Wildman–Crippen MR) is 107 cm³/mol. The number of thiazole rings is 1. The maximum absolute atomic E-state index is 6.13. The minimum Gasteiger partial charge on any atom is -0.370 e. The van der Waals surface area contributed by atoms with E-state index in [-0.39, 0.29) is 24.0 Å². The van der Waals surface area contributed by atoms with Gasteiger partial charge in [0.1, 0.15) is 5.76 Å². The average molecular weight is 462 g/mol. The zero-order chi connectivity index (χ0) is 16.2. The van der Waals surface area contributed by atoms with Gasteiger partial charge >= 0.3 is 0 Å². The molecule has 132 valence electrons. The van der Waals surface area contributed by atoms with Gasteiger partial charge in [0.25, 0.3) is 0 Å². The molecule has 0 unspecified atom stereocenters. The molecule has 1 fully saturated rings. The first-order chi connectivity index (χ1) is 11.1. The van der Waals surface area contributed by atoms with E-state index in [4.69, 9.17) is 10.3 Å². The number of aromatic nitrogens is 2. The second kappa shape index (κ2) is 8.65. The molecule has 24 heavy (non-hydrogen) atoms. The average Bonchev–Trinajstić information content (AvgIpc) is 3.20. The Kier molecular flexibility index (Phi) is 6.84. The van der Waals surface area contributed by atoms with Crippen LogP contribution in [0.25, 0.3) is 0 Å². The number of nitrogens with two attached hydrogens (primary N) is 1. The maximum atomic E-state index is 6.13. The fraction of sp³-hybridized carbons (Fsp3) is 0.533. The van der Waals surface area contributed by atoms with Crippen LogP contribution in [0.1, 0.15) is 17.0 Å². The Morgan fingerprint density at radius 2 is 2.08 bits per heavy atom. The SMILES string of the molecule is Cc1noc(C)c1CCN=C(N)N1CCN(c2nccs2)CC1.I. The largest absolute Gasteiger partial charge is 0.370 e. The summed E-state index contributed by atoms with van der Waals surface area (Å²) in [6.07, 6.45) is 2.65. The number of aryl methyl sites for hydroxylation is 2. The monoisotopic (exact) mass is 462 g/mol. The third-order valence-electron chi connectivity index (χ3n) is 4.11. The van der Waals surface area contributed by atoms with E-state index in [1.54, 1.807) is 11.3 Å². The van der Waals surface area contributed by atoms with Crippen molar-refractivity contribution in [3.8, 4) is 0 Å².